The summed E-state index contributed by atoms with van der Waals surface area (Å²) in [6.45, 7) is 11.0. The molecule has 3 N–H and O–H groups in total. The molecule has 0 bridgehead atoms. The Morgan fingerprint density at radius 3 is 2.16 bits per heavy atom. The van der Waals surface area contributed by atoms with Crippen LogP contribution in [0.4, 0.5) is 0 Å². The highest BCUT2D eigenvalue weighted by atomic mass is 16.5. The number of para-hydroxylation sites is 1. The molecule has 13 nitrogen and oxygen atoms in total. The van der Waals surface area contributed by atoms with Crippen LogP contribution in [0.5, 0.6) is 17.2 Å². The van der Waals surface area contributed by atoms with Crippen LogP contribution in [0.3, 0.4) is 0 Å². The van der Waals surface area contributed by atoms with Crippen molar-refractivity contribution in [3.8, 4) is 51.4 Å². The molecule has 0 amide bonds. The van der Waals surface area contributed by atoms with Crippen molar-refractivity contribution in [2.24, 2.45) is 5.92 Å². The Morgan fingerprint density at radius 1 is 0.754 bits per heavy atom. The van der Waals surface area contributed by atoms with Crippen LogP contribution in [0, 0.1) is 33.6 Å². The second-order valence-corrected chi connectivity index (χ2v) is 17.8. The van der Waals surface area contributed by atoms with E-state index in [0.717, 1.165) is 49.5 Å². The van der Waals surface area contributed by atoms with E-state index in [2.05, 4.69) is 10.2 Å². The van der Waals surface area contributed by atoms with Gasteiger partial charge in [0.25, 0.3) is 5.56 Å². The highest BCUT2D eigenvalue weighted by Crippen LogP contribution is 2.43. The molecule has 0 spiro atoms. The first-order valence-electron chi connectivity index (χ1n) is 23.0. The first-order chi connectivity index (χ1) is 33.5. The Hall–Kier alpha value is -8.16. The fraction of sp³-hybridized carbons (Fsp3) is 0.214. The third-order valence-electron chi connectivity index (χ3n) is 13.3. The zero-order valence-electron chi connectivity index (χ0n) is 38.6. The number of nitrogens with zero attached hydrogens (tertiary/aromatic N) is 2. The third-order valence-corrected chi connectivity index (χ3v) is 13.3. The molecule has 346 valence electrons. The van der Waals surface area contributed by atoms with Crippen LogP contribution < -0.4 is 19.8 Å². The minimum absolute atomic E-state index is 0.0756. The first kappa shape index (κ1) is 43.4. The molecule has 69 heavy (non-hydrogen) atoms. The fourth-order valence-electron chi connectivity index (χ4n) is 9.57. The van der Waals surface area contributed by atoms with Gasteiger partial charge in [-0.2, -0.15) is 0 Å². The normalized spacial score (nSPS) is 15.6. The second kappa shape index (κ2) is 17.5. The number of aromatic carboxylic acids is 1. The summed E-state index contributed by atoms with van der Waals surface area (Å²) in [5.74, 6) is 1.58. The smallest absolute Gasteiger partial charge is 0.336 e. The molecule has 1 saturated heterocycles. The van der Waals surface area contributed by atoms with Gasteiger partial charge in [-0.05, 0) is 100 Å². The number of H-pyrrole nitrogens is 2. The van der Waals surface area contributed by atoms with E-state index in [1.165, 1.54) is 6.07 Å². The number of ether oxygens (including phenoxy) is 4. The van der Waals surface area contributed by atoms with Gasteiger partial charge >= 0.3 is 5.97 Å². The van der Waals surface area contributed by atoms with E-state index in [4.69, 9.17) is 37.7 Å². The predicted molar refractivity (Wildman–Crippen MR) is 265 cm³/mol. The van der Waals surface area contributed by atoms with Crippen molar-refractivity contribution in [2.75, 3.05) is 19.8 Å². The van der Waals surface area contributed by atoms with Gasteiger partial charge in [-0.15, -0.1) is 0 Å². The summed E-state index contributed by atoms with van der Waals surface area (Å²) in [4.78, 5) is 35.6. The topological polar surface area (TPSA) is 175 Å². The van der Waals surface area contributed by atoms with Gasteiger partial charge in [-0.1, -0.05) is 60.7 Å². The number of rotatable bonds is 12. The number of aromatic amines is 2. The number of aryl methyl sites for hydroxylation is 4. The maximum absolute atomic E-state index is 12.9. The summed E-state index contributed by atoms with van der Waals surface area (Å²) >= 11 is 0. The first-order valence-corrected chi connectivity index (χ1v) is 23.0. The molecular formula is C56H48N4O9. The number of hydrogen-bond acceptors (Lipinski definition) is 10. The highest BCUT2D eigenvalue weighted by Gasteiger charge is 2.30. The van der Waals surface area contributed by atoms with Crippen LogP contribution in [-0.4, -0.2) is 57.2 Å². The van der Waals surface area contributed by atoms with Crippen molar-refractivity contribution in [2.45, 2.75) is 53.2 Å². The molecule has 0 saturated carbocycles. The van der Waals surface area contributed by atoms with Gasteiger partial charge in [0.05, 0.1) is 46.3 Å². The minimum Gasteiger partial charge on any atom is -0.492 e. The van der Waals surface area contributed by atoms with Crippen molar-refractivity contribution in [3.63, 3.8) is 0 Å². The van der Waals surface area contributed by atoms with Crippen molar-refractivity contribution >= 4 is 49.7 Å². The van der Waals surface area contributed by atoms with E-state index in [9.17, 15) is 14.7 Å². The number of carboxylic acid groups (broad SMARTS) is 1. The predicted octanol–water partition coefficient (Wildman–Crippen LogP) is 12.2. The van der Waals surface area contributed by atoms with Gasteiger partial charge in [-0.3, -0.25) is 15.0 Å². The van der Waals surface area contributed by atoms with E-state index in [1.54, 1.807) is 6.07 Å². The molecule has 5 aromatic carbocycles. The molecule has 1 aliphatic rings. The number of hydrogen-bond donors (Lipinski definition) is 3. The summed E-state index contributed by atoms with van der Waals surface area (Å²) in [6.07, 6.45) is 0.0410. The van der Waals surface area contributed by atoms with Gasteiger partial charge in [0.1, 0.15) is 52.0 Å². The van der Waals surface area contributed by atoms with Crippen LogP contribution in [0.15, 0.2) is 129 Å². The number of furan rings is 2. The molecule has 0 radical (unpaired) electrons. The van der Waals surface area contributed by atoms with Crippen molar-refractivity contribution in [1.29, 1.82) is 0 Å². The zero-order valence-corrected chi connectivity index (χ0v) is 38.6. The van der Waals surface area contributed by atoms with Crippen LogP contribution in [0.25, 0.3) is 77.9 Å². The van der Waals surface area contributed by atoms with Gasteiger partial charge in [0, 0.05) is 52.1 Å². The van der Waals surface area contributed by atoms with E-state index in [1.807, 2.05) is 138 Å². The van der Waals surface area contributed by atoms with Gasteiger partial charge < -0.3 is 32.9 Å². The molecule has 6 heterocycles. The Morgan fingerprint density at radius 2 is 1.43 bits per heavy atom. The molecule has 10 aromatic rings. The van der Waals surface area contributed by atoms with Crippen LogP contribution >= 0.6 is 0 Å². The average molecular weight is 921 g/mol. The summed E-state index contributed by atoms with van der Waals surface area (Å²) < 4.78 is 38.6. The number of aromatic nitrogens is 4. The van der Waals surface area contributed by atoms with Gasteiger partial charge in [-0.25, -0.2) is 14.8 Å². The molecule has 1 unspecified atom stereocenters. The van der Waals surface area contributed by atoms with Crippen LogP contribution in [-0.2, 0) is 4.74 Å². The molecule has 5 aromatic heterocycles. The lowest BCUT2D eigenvalue weighted by molar-refractivity contribution is -0.0426. The Kier molecular flexibility index (Phi) is 11.0. The Bertz CT molecular complexity index is 3680. The number of carboxylic acids is 1. The zero-order chi connectivity index (χ0) is 47.5. The quantitative estimate of drug-likeness (QED) is 0.106. The molecule has 3 atom stereocenters. The van der Waals surface area contributed by atoms with Crippen LogP contribution in [0.1, 0.15) is 57.6 Å². The summed E-state index contributed by atoms with van der Waals surface area (Å²) in [6, 6.07) is 36.2. The lowest BCUT2D eigenvalue weighted by atomic mass is 9.97. The Balaban J connectivity index is 0.884. The van der Waals surface area contributed by atoms with Gasteiger partial charge in [0.15, 0.2) is 11.5 Å². The summed E-state index contributed by atoms with van der Waals surface area (Å²) in [5.41, 5.74) is 9.31. The second-order valence-electron chi connectivity index (χ2n) is 17.8. The lowest BCUT2D eigenvalue weighted by Crippen LogP contribution is -2.40. The molecular weight excluding hydrogens is 873 g/mol. The molecule has 11 rings (SSSR count). The van der Waals surface area contributed by atoms with Crippen LogP contribution in [0.2, 0.25) is 0 Å². The largest absolute Gasteiger partial charge is 0.492 e. The van der Waals surface area contributed by atoms with E-state index >= 15 is 0 Å². The van der Waals surface area contributed by atoms with Crippen molar-refractivity contribution < 1.29 is 37.7 Å². The highest BCUT2D eigenvalue weighted by molar-refractivity contribution is 6.07. The van der Waals surface area contributed by atoms with Crippen molar-refractivity contribution in [3.05, 3.63) is 159 Å². The third kappa shape index (κ3) is 7.93. The van der Waals surface area contributed by atoms with Crippen molar-refractivity contribution in [1.82, 2.24) is 20.2 Å². The maximum atomic E-state index is 12.9. The lowest BCUT2D eigenvalue weighted by Gasteiger charge is -2.32. The van der Waals surface area contributed by atoms with E-state index in [0.29, 0.717) is 93.1 Å². The number of fused-ring (bicyclic) bond motifs is 4. The summed E-state index contributed by atoms with van der Waals surface area (Å²) in [5, 5.41) is 19.3. The maximum Gasteiger partial charge on any atom is 0.336 e. The SMILES string of the molecule is Cc1c(-c2cc(C(=O)O)c3c(OC[C@@H]4CCOC[C@@H]4Oc4ccc5c(C)c(-c6cc(-c7cc(=O)[nH][nH]7)c7c(OC(C)c8ccccc8)ccc(C)c7n6)oc5c4)ccc(C)c3n2)oc2ccccc12. The average Bonchev–Trinajstić information content (AvgIpc) is 4.06. The number of nitrogens with one attached hydrogen (secondary N) is 2. The summed E-state index contributed by atoms with van der Waals surface area (Å²) in [7, 11) is 0. The fourth-order valence-corrected chi connectivity index (χ4v) is 9.57. The standard InChI is InChI=1S/C56H48N4O9/c1-29-15-19-45(51-40(56(62)63)25-43(58-53(29)51)54-31(3)37-13-9-10-14-44(37)68-54)65-27-35-21-22-64-28-48(35)67-36-17-18-38-32(4)55(69-47(38)23-36)42-24-39(41-26-49(61)60-59-41)50-46(20-16-30(2)52(50)57-42)66-33(5)34-11-7-6-8-12-34/h6-20,23-26,33,35,48H,21-22,27-28H2,1-5H3,(H,62,63)(H2,59,60,61)/t33?,35-,48-/m0/s1. The Labute approximate surface area is 395 Å². The van der Waals surface area contributed by atoms with E-state index < -0.39 is 5.97 Å². The number of benzene rings is 5. The number of carbonyl (C=O) groups is 1. The van der Waals surface area contributed by atoms with Gasteiger partial charge in [0.2, 0.25) is 0 Å². The number of pyridine rings is 2. The monoisotopic (exact) mass is 920 g/mol. The van der Waals surface area contributed by atoms with E-state index in [-0.39, 0.29) is 35.9 Å². The molecule has 13 heteroatoms. The minimum atomic E-state index is -1.09. The molecule has 1 aliphatic heterocycles. The molecule has 1 fully saturated rings. The molecule has 0 aliphatic carbocycles.